The van der Waals surface area contributed by atoms with E-state index in [1.54, 1.807) is 0 Å². The number of ketones is 2. The molecule has 0 aromatic heterocycles. The van der Waals surface area contributed by atoms with Gasteiger partial charge in [0.25, 0.3) is 0 Å². The highest BCUT2D eigenvalue weighted by molar-refractivity contribution is 6.36. The molecular formula is C19H16O2. The lowest BCUT2D eigenvalue weighted by atomic mass is 10.0. The van der Waals surface area contributed by atoms with Gasteiger partial charge in [-0.3, -0.25) is 9.59 Å². The van der Waals surface area contributed by atoms with Crippen LogP contribution < -0.4 is 0 Å². The lowest BCUT2D eigenvalue weighted by molar-refractivity contribution is -0.134. The third-order valence-electron chi connectivity index (χ3n) is 3.08. The summed E-state index contributed by atoms with van der Waals surface area (Å²) in [5.41, 5.74) is 3.87. The van der Waals surface area contributed by atoms with E-state index < -0.39 is 5.78 Å². The van der Waals surface area contributed by atoms with Crippen LogP contribution in [0.25, 0.3) is 0 Å². The molecule has 2 aromatic rings. The summed E-state index contributed by atoms with van der Waals surface area (Å²) in [4.78, 5) is 22.3. The molecule has 2 rings (SSSR count). The van der Waals surface area contributed by atoms with E-state index in [0.29, 0.717) is 0 Å². The third-order valence-corrected chi connectivity index (χ3v) is 3.08. The minimum atomic E-state index is -0.404. The van der Waals surface area contributed by atoms with Crippen LogP contribution in [0.5, 0.6) is 0 Å². The summed E-state index contributed by atoms with van der Waals surface area (Å²) in [6.45, 7) is 3.33. The fraction of sp³-hybridized carbons (Fsp3) is 0.158. The molecule has 0 unspecified atom stereocenters. The first-order chi connectivity index (χ1) is 10.0. The molecule has 0 saturated carbocycles. The van der Waals surface area contributed by atoms with Gasteiger partial charge in [-0.15, -0.1) is 0 Å². The largest absolute Gasteiger partial charge is 0.291 e. The van der Waals surface area contributed by atoms with Crippen molar-refractivity contribution in [1.82, 2.24) is 0 Å². The number of aryl methyl sites for hydroxylation is 1. The van der Waals surface area contributed by atoms with Crippen molar-refractivity contribution in [2.75, 3.05) is 0 Å². The fourth-order valence-electron chi connectivity index (χ4n) is 1.88. The number of benzene rings is 2. The number of carbonyl (C=O) groups is 2. The number of Topliss-reactive ketones (excluding diaryl/α,β-unsaturated/α-hetero) is 2. The fourth-order valence-corrected chi connectivity index (χ4v) is 1.88. The summed E-state index contributed by atoms with van der Waals surface area (Å²) in [5, 5.41) is 0. The van der Waals surface area contributed by atoms with Crippen molar-refractivity contribution in [1.29, 1.82) is 0 Å². The van der Waals surface area contributed by atoms with E-state index >= 15 is 0 Å². The quantitative estimate of drug-likeness (QED) is 0.637. The summed E-state index contributed by atoms with van der Waals surface area (Å²) >= 11 is 0. The molecule has 0 aliphatic rings. The Morgan fingerprint density at radius 2 is 1.62 bits per heavy atom. The molecular weight excluding hydrogens is 260 g/mol. The first kappa shape index (κ1) is 14.7. The zero-order valence-corrected chi connectivity index (χ0v) is 12.1. The molecule has 2 heteroatoms. The first-order valence-corrected chi connectivity index (χ1v) is 6.76. The monoisotopic (exact) mass is 276 g/mol. The Labute approximate surface area is 124 Å². The molecule has 0 aliphatic heterocycles. The normalized spacial score (nSPS) is 9.62. The summed E-state index contributed by atoms with van der Waals surface area (Å²) in [7, 11) is 0. The van der Waals surface area contributed by atoms with Crippen LogP contribution in [0.3, 0.4) is 0 Å². The highest BCUT2D eigenvalue weighted by atomic mass is 16.2. The molecule has 0 spiro atoms. The van der Waals surface area contributed by atoms with Gasteiger partial charge in [-0.2, -0.15) is 0 Å². The molecule has 0 atom stereocenters. The van der Waals surface area contributed by atoms with Crippen molar-refractivity contribution in [3.8, 4) is 11.8 Å². The van der Waals surface area contributed by atoms with Crippen molar-refractivity contribution in [3.63, 3.8) is 0 Å². The van der Waals surface area contributed by atoms with E-state index in [9.17, 15) is 9.59 Å². The molecule has 2 nitrogen and oxygen atoms in total. The van der Waals surface area contributed by atoms with Crippen LogP contribution in [0.2, 0.25) is 0 Å². The molecule has 0 bridgehead atoms. The molecule has 0 amide bonds. The SMILES string of the molecule is CC(=O)C(=O)Cc1ccc(C#Cc2cccc(C)c2)cc1. The van der Waals surface area contributed by atoms with Crippen LogP contribution in [-0.2, 0) is 16.0 Å². The van der Waals surface area contributed by atoms with Crippen LogP contribution in [0.15, 0.2) is 48.5 Å². The minimum absolute atomic E-state index is 0.154. The van der Waals surface area contributed by atoms with Crippen LogP contribution in [0.4, 0.5) is 0 Å². The molecule has 21 heavy (non-hydrogen) atoms. The maximum absolute atomic E-state index is 11.4. The highest BCUT2D eigenvalue weighted by Gasteiger charge is 2.08. The molecule has 0 radical (unpaired) electrons. The first-order valence-electron chi connectivity index (χ1n) is 6.76. The lowest BCUT2D eigenvalue weighted by Crippen LogP contribution is -2.12. The summed E-state index contributed by atoms with van der Waals surface area (Å²) < 4.78 is 0. The Morgan fingerprint density at radius 3 is 2.24 bits per heavy atom. The average Bonchev–Trinajstić information content (AvgIpc) is 2.46. The highest BCUT2D eigenvalue weighted by Crippen LogP contribution is 2.06. The topological polar surface area (TPSA) is 34.1 Å². The van der Waals surface area contributed by atoms with Crippen molar-refractivity contribution in [3.05, 3.63) is 70.8 Å². The maximum atomic E-state index is 11.4. The Bertz CT molecular complexity index is 728. The van der Waals surface area contributed by atoms with Gasteiger partial charge < -0.3 is 0 Å². The van der Waals surface area contributed by atoms with E-state index in [4.69, 9.17) is 0 Å². The van der Waals surface area contributed by atoms with Crippen molar-refractivity contribution in [2.24, 2.45) is 0 Å². The number of rotatable bonds is 3. The molecule has 0 saturated heterocycles. The van der Waals surface area contributed by atoms with E-state index in [1.807, 2.05) is 55.5 Å². The molecule has 0 N–H and O–H groups in total. The summed E-state index contributed by atoms with van der Waals surface area (Å²) in [5.74, 6) is 5.43. The van der Waals surface area contributed by atoms with Gasteiger partial charge >= 0.3 is 0 Å². The van der Waals surface area contributed by atoms with E-state index in [1.165, 1.54) is 12.5 Å². The van der Waals surface area contributed by atoms with Gasteiger partial charge in [0.2, 0.25) is 5.78 Å². The van der Waals surface area contributed by atoms with Gasteiger partial charge in [-0.05, 0) is 42.3 Å². The maximum Gasteiger partial charge on any atom is 0.202 e. The smallest absolute Gasteiger partial charge is 0.202 e. The van der Waals surface area contributed by atoms with Crippen LogP contribution in [0.1, 0.15) is 29.2 Å². The Hall–Kier alpha value is -2.66. The molecule has 0 aliphatic carbocycles. The second-order valence-corrected chi connectivity index (χ2v) is 4.97. The van der Waals surface area contributed by atoms with E-state index in [-0.39, 0.29) is 12.2 Å². The third kappa shape index (κ3) is 4.43. The number of hydrogen-bond acceptors (Lipinski definition) is 2. The van der Waals surface area contributed by atoms with Gasteiger partial charge in [0.1, 0.15) is 0 Å². The zero-order valence-electron chi connectivity index (χ0n) is 12.1. The standard InChI is InChI=1S/C19H16O2/c1-14-4-3-5-17(12-14)9-6-16-7-10-18(11-8-16)13-19(21)15(2)20/h3-5,7-8,10-12H,13H2,1-2H3. The van der Waals surface area contributed by atoms with Crippen molar-refractivity contribution < 1.29 is 9.59 Å². The van der Waals surface area contributed by atoms with E-state index in [0.717, 1.165) is 16.7 Å². The molecule has 2 aromatic carbocycles. The van der Waals surface area contributed by atoms with E-state index in [2.05, 4.69) is 11.8 Å². The summed E-state index contributed by atoms with van der Waals surface area (Å²) in [6, 6.07) is 15.4. The Morgan fingerprint density at radius 1 is 0.952 bits per heavy atom. The van der Waals surface area contributed by atoms with Gasteiger partial charge in [-0.1, -0.05) is 36.1 Å². The second kappa shape index (κ2) is 6.67. The molecule has 0 heterocycles. The van der Waals surface area contributed by atoms with Crippen LogP contribution >= 0.6 is 0 Å². The minimum Gasteiger partial charge on any atom is -0.291 e. The van der Waals surface area contributed by atoms with Crippen LogP contribution in [0, 0.1) is 18.8 Å². The van der Waals surface area contributed by atoms with Crippen LogP contribution in [-0.4, -0.2) is 11.6 Å². The molecule has 104 valence electrons. The Balaban J connectivity index is 2.10. The van der Waals surface area contributed by atoms with Gasteiger partial charge in [-0.25, -0.2) is 0 Å². The van der Waals surface area contributed by atoms with Crippen molar-refractivity contribution >= 4 is 11.6 Å². The van der Waals surface area contributed by atoms with Gasteiger partial charge in [0.05, 0.1) is 0 Å². The summed E-state index contributed by atoms with van der Waals surface area (Å²) in [6.07, 6.45) is 0.154. The number of hydrogen-bond donors (Lipinski definition) is 0. The van der Waals surface area contributed by atoms with Crippen molar-refractivity contribution in [2.45, 2.75) is 20.3 Å². The predicted octanol–water partition coefficient (Wildman–Crippen LogP) is 3.10. The Kier molecular flexibility index (Phi) is 4.68. The molecule has 0 fully saturated rings. The average molecular weight is 276 g/mol. The lowest BCUT2D eigenvalue weighted by Gasteiger charge is -1.98. The van der Waals surface area contributed by atoms with Gasteiger partial charge in [0, 0.05) is 24.5 Å². The number of carbonyl (C=O) groups excluding carboxylic acids is 2. The zero-order chi connectivity index (χ0) is 15.2. The second-order valence-electron chi connectivity index (χ2n) is 4.97. The predicted molar refractivity (Wildman–Crippen MR) is 83.0 cm³/mol. The van der Waals surface area contributed by atoms with Gasteiger partial charge in [0.15, 0.2) is 5.78 Å².